The molecule has 2 nitrogen and oxygen atoms in total. The average molecular weight is 313 g/mol. The van der Waals surface area contributed by atoms with E-state index in [0.717, 1.165) is 27.3 Å². The van der Waals surface area contributed by atoms with Crippen LogP contribution in [0, 0.1) is 0 Å². The van der Waals surface area contributed by atoms with Crippen molar-refractivity contribution in [1.82, 2.24) is 4.72 Å². The van der Waals surface area contributed by atoms with E-state index < -0.39 is 0 Å². The highest BCUT2D eigenvalue weighted by molar-refractivity contribution is 7.99. The lowest BCUT2D eigenvalue weighted by Gasteiger charge is -2.04. The quantitative estimate of drug-likeness (QED) is 0.568. The molecule has 0 atom stereocenters. The van der Waals surface area contributed by atoms with Crippen molar-refractivity contribution in [2.75, 3.05) is 6.54 Å². The summed E-state index contributed by atoms with van der Waals surface area (Å²) >= 11 is 3.18. The lowest BCUT2D eigenvalue weighted by Crippen LogP contribution is -2.08. The minimum absolute atomic E-state index is 0.0942. The third-order valence-electron chi connectivity index (χ3n) is 3.14. The summed E-state index contributed by atoms with van der Waals surface area (Å²) in [5, 5.41) is 0.802. The summed E-state index contributed by atoms with van der Waals surface area (Å²) in [4.78, 5) is 12.0. The standard InChI is InChI=1S/C17H15NOS2/c19-15-12-17(20-16-9-5-4-8-14(15)16)21-18-11-10-13-6-2-1-3-7-13/h1-9,12,18H,10-11H2. The molecular formula is C17H15NOS2. The number of hydrogen-bond donors (Lipinski definition) is 1. The van der Waals surface area contributed by atoms with Gasteiger partial charge in [-0.2, -0.15) is 0 Å². The van der Waals surface area contributed by atoms with Gasteiger partial charge < -0.3 is 0 Å². The minimum Gasteiger partial charge on any atom is -0.289 e. The van der Waals surface area contributed by atoms with Crippen molar-refractivity contribution in [2.45, 2.75) is 10.6 Å². The molecule has 0 spiro atoms. The lowest BCUT2D eigenvalue weighted by molar-refractivity contribution is 0.908. The number of hydrogen-bond acceptors (Lipinski definition) is 4. The predicted molar refractivity (Wildman–Crippen MR) is 92.1 cm³/mol. The van der Waals surface area contributed by atoms with Crippen molar-refractivity contribution in [3.05, 3.63) is 76.5 Å². The van der Waals surface area contributed by atoms with Gasteiger partial charge in [-0.05, 0) is 36.1 Å². The van der Waals surface area contributed by atoms with Gasteiger partial charge in [0.05, 0.1) is 4.21 Å². The molecule has 21 heavy (non-hydrogen) atoms. The molecule has 0 amide bonds. The first kappa shape index (κ1) is 14.3. The molecule has 0 bridgehead atoms. The van der Waals surface area contributed by atoms with Crippen LogP contribution in [0.3, 0.4) is 0 Å². The van der Waals surface area contributed by atoms with E-state index in [0.29, 0.717) is 0 Å². The molecule has 2 aromatic carbocycles. The van der Waals surface area contributed by atoms with Crippen LogP contribution in [0.2, 0.25) is 0 Å². The molecule has 1 aromatic heterocycles. The zero-order valence-electron chi connectivity index (χ0n) is 11.4. The van der Waals surface area contributed by atoms with Crippen LogP contribution in [-0.2, 0) is 6.42 Å². The molecule has 0 radical (unpaired) electrons. The Balaban J connectivity index is 1.62. The first-order valence-electron chi connectivity index (χ1n) is 6.79. The van der Waals surface area contributed by atoms with Gasteiger partial charge in [0, 0.05) is 22.7 Å². The summed E-state index contributed by atoms with van der Waals surface area (Å²) in [6.07, 6.45) is 0.982. The molecule has 0 saturated carbocycles. The van der Waals surface area contributed by atoms with E-state index in [1.165, 1.54) is 17.5 Å². The lowest BCUT2D eigenvalue weighted by atomic mass is 10.2. The Bertz CT molecular complexity index is 783. The fraction of sp³-hybridized carbons (Fsp3) is 0.118. The van der Waals surface area contributed by atoms with Gasteiger partial charge in [0.2, 0.25) is 0 Å². The van der Waals surface area contributed by atoms with E-state index in [1.54, 1.807) is 17.4 Å². The summed E-state index contributed by atoms with van der Waals surface area (Å²) in [5.74, 6) is 0. The van der Waals surface area contributed by atoms with Crippen molar-refractivity contribution >= 4 is 33.4 Å². The van der Waals surface area contributed by atoms with Gasteiger partial charge in [0.25, 0.3) is 0 Å². The average Bonchev–Trinajstić information content (AvgIpc) is 2.53. The third-order valence-corrected chi connectivity index (χ3v) is 5.21. The van der Waals surface area contributed by atoms with Gasteiger partial charge in [-0.3, -0.25) is 9.52 Å². The number of rotatable bonds is 5. The third kappa shape index (κ3) is 3.73. The largest absolute Gasteiger partial charge is 0.289 e. The molecule has 0 unspecified atom stereocenters. The fourth-order valence-corrected chi connectivity index (χ4v) is 4.03. The van der Waals surface area contributed by atoms with Crippen LogP contribution >= 0.6 is 23.3 Å². The second-order valence-electron chi connectivity index (χ2n) is 4.66. The monoisotopic (exact) mass is 313 g/mol. The van der Waals surface area contributed by atoms with Crippen LogP contribution in [0.1, 0.15) is 5.56 Å². The highest BCUT2D eigenvalue weighted by Crippen LogP contribution is 2.25. The van der Waals surface area contributed by atoms with Crippen molar-refractivity contribution in [3.8, 4) is 0 Å². The van der Waals surface area contributed by atoms with E-state index in [2.05, 4.69) is 29.0 Å². The van der Waals surface area contributed by atoms with Crippen LogP contribution in [0.15, 0.2) is 69.7 Å². The van der Waals surface area contributed by atoms with Gasteiger partial charge in [0.1, 0.15) is 0 Å². The van der Waals surface area contributed by atoms with Gasteiger partial charge >= 0.3 is 0 Å². The smallest absolute Gasteiger partial charge is 0.189 e. The molecule has 0 aliphatic heterocycles. The number of nitrogens with one attached hydrogen (secondary N) is 1. The molecule has 1 N–H and O–H groups in total. The van der Waals surface area contributed by atoms with Crippen molar-refractivity contribution in [2.24, 2.45) is 0 Å². The normalized spacial score (nSPS) is 10.9. The Morgan fingerprint density at radius 1 is 1.00 bits per heavy atom. The van der Waals surface area contributed by atoms with Crippen LogP contribution in [0.5, 0.6) is 0 Å². The summed E-state index contributed by atoms with van der Waals surface area (Å²) in [7, 11) is 0. The highest BCUT2D eigenvalue weighted by Gasteiger charge is 2.02. The molecule has 0 saturated heterocycles. The summed E-state index contributed by atoms with van der Waals surface area (Å²) in [6, 6.07) is 19.8. The first-order chi connectivity index (χ1) is 10.3. The van der Waals surface area contributed by atoms with E-state index >= 15 is 0 Å². The Kier molecular flexibility index (Phi) is 4.70. The summed E-state index contributed by atoms with van der Waals surface area (Å²) < 4.78 is 5.38. The SMILES string of the molecule is O=c1cc(SNCCc2ccccc2)sc2ccccc12. The first-order valence-corrected chi connectivity index (χ1v) is 8.43. The van der Waals surface area contributed by atoms with Crippen molar-refractivity contribution < 1.29 is 0 Å². The zero-order valence-corrected chi connectivity index (χ0v) is 13.0. The minimum atomic E-state index is 0.0942. The molecule has 3 rings (SSSR count). The van der Waals surface area contributed by atoms with Crippen LogP contribution < -0.4 is 10.2 Å². The Morgan fingerprint density at radius 3 is 2.62 bits per heavy atom. The highest BCUT2D eigenvalue weighted by atomic mass is 32.2. The molecule has 0 aliphatic rings. The molecule has 0 aliphatic carbocycles. The molecule has 1 heterocycles. The molecule has 0 fully saturated rings. The maximum atomic E-state index is 12.0. The second kappa shape index (κ2) is 6.89. The zero-order chi connectivity index (χ0) is 14.5. The maximum Gasteiger partial charge on any atom is 0.189 e. The van der Waals surface area contributed by atoms with Crippen LogP contribution in [-0.4, -0.2) is 6.54 Å². The Morgan fingerprint density at radius 2 is 1.76 bits per heavy atom. The van der Waals surface area contributed by atoms with Gasteiger partial charge in [-0.15, -0.1) is 11.3 Å². The second-order valence-corrected chi connectivity index (χ2v) is 6.93. The molecule has 3 aromatic rings. The van der Waals surface area contributed by atoms with Gasteiger partial charge in [0.15, 0.2) is 5.43 Å². The Labute approximate surface area is 132 Å². The maximum absolute atomic E-state index is 12.0. The summed E-state index contributed by atoms with van der Waals surface area (Å²) in [5.41, 5.74) is 1.41. The molecule has 4 heteroatoms. The van der Waals surface area contributed by atoms with Crippen molar-refractivity contribution in [1.29, 1.82) is 0 Å². The van der Waals surface area contributed by atoms with Crippen LogP contribution in [0.4, 0.5) is 0 Å². The molecular weight excluding hydrogens is 298 g/mol. The number of fused-ring (bicyclic) bond motifs is 1. The van der Waals surface area contributed by atoms with Crippen LogP contribution in [0.25, 0.3) is 10.1 Å². The fourth-order valence-electron chi connectivity index (χ4n) is 2.09. The van der Waals surface area contributed by atoms with E-state index in [4.69, 9.17) is 0 Å². The topological polar surface area (TPSA) is 29.1 Å². The van der Waals surface area contributed by atoms with Gasteiger partial charge in [-0.1, -0.05) is 42.5 Å². The van der Waals surface area contributed by atoms with Gasteiger partial charge in [-0.25, -0.2) is 0 Å². The van der Waals surface area contributed by atoms with E-state index in [-0.39, 0.29) is 5.43 Å². The Hall–Kier alpha value is -1.62. The molecule has 106 valence electrons. The predicted octanol–water partition coefficient (Wildman–Crippen LogP) is 4.10. The number of benzene rings is 2. The van der Waals surface area contributed by atoms with E-state index in [1.807, 2.05) is 30.3 Å². The summed E-state index contributed by atoms with van der Waals surface area (Å²) in [6.45, 7) is 0.877. The van der Waals surface area contributed by atoms with E-state index in [9.17, 15) is 4.79 Å². The van der Waals surface area contributed by atoms with Crippen molar-refractivity contribution in [3.63, 3.8) is 0 Å².